The van der Waals surface area contributed by atoms with Crippen LogP contribution in [0.1, 0.15) is 37.1 Å². The lowest BCUT2D eigenvalue weighted by molar-refractivity contribution is -0.0610. The Bertz CT molecular complexity index is 913. The van der Waals surface area contributed by atoms with Gasteiger partial charge in [0, 0.05) is 42.5 Å². The minimum absolute atomic E-state index is 0.265. The minimum atomic E-state index is 0.265. The van der Waals surface area contributed by atoms with Crippen molar-refractivity contribution in [2.24, 2.45) is 11.8 Å². The Kier molecular flexibility index (Phi) is 3.74. The summed E-state index contributed by atoms with van der Waals surface area (Å²) in [5.41, 5.74) is 9.19. The van der Waals surface area contributed by atoms with Crippen molar-refractivity contribution in [1.82, 2.24) is 19.7 Å². The number of hydrogen-bond donors (Lipinski definition) is 1. The number of nitriles is 1. The fourth-order valence-electron chi connectivity index (χ4n) is 4.65. The van der Waals surface area contributed by atoms with Gasteiger partial charge in [0.1, 0.15) is 11.9 Å². The molecule has 7 heteroatoms. The molecule has 1 aliphatic carbocycles. The number of nitrogens with zero attached hydrogens (tertiary/aromatic N) is 5. The first-order valence-electron chi connectivity index (χ1n) is 9.64. The number of nitrogen functional groups attached to an aromatic ring is 1. The molecule has 2 saturated heterocycles. The number of likely N-dealkylation sites (tertiary alicyclic amines) is 1. The molecular weight excluding hydrogens is 340 g/mol. The highest BCUT2D eigenvalue weighted by Gasteiger charge is 2.58. The highest BCUT2D eigenvalue weighted by molar-refractivity contribution is 5.64. The third-order valence-electron chi connectivity index (χ3n) is 6.29. The lowest BCUT2D eigenvalue weighted by atomic mass is 10.1. The fourth-order valence-corrected chi connectivity index (χ4v) is 4.65. The van der Waals surface area contributed by atoms with Crippen molar-refractivity contribution in [1.29, 1.82) is 5.26 Å². The number of anilines is 1. The predicted octanol–water partition coefficient (Wildman–Crippen LogP) is 2.02. The van der Waals surface area contributed by atoms with E-state index in [9.17, 15) is 5.26 Å². The fraction of sp³-hybridized carbons (Fsp3) is 0.550. The summed E-state index contributed by atoms with van der Waals surface area (Å²) in [6.45, 7) is 8.46. The van der Waals surface area contributed by atoms with Crippen LogP contribution in [0.25, 0.3) is 11.3 Å². The van der Waals surface area contributed by atoms with Gasteiger partial charge in [-0.05, 0) is 37.8 Å². The van der Waals surface area contributed by atoms with E-state index in [4.69, 9.17) is 15.6 Å². The van der Waals surface area contributed by atoms with Gasteiger partial charge < -0.3 is 10.5 Å². The number of ether oxygens (including phenoxy) is 1. The molecule has 2 aliphatic heterocycles. The normalized spacial score (nSPS) is 27.4. The summed E-state index contributed by atoms with van der Waals surface area (Å²) in [7, 11) is 0. The van der Waals surface area contributed by atoms with Gasteiger partial charge in [-0.1, -0.05) is 0 Å². The average Bonchev–Trinajstić information content (AvgIpc) is 2.98. The van der Waals surface area contributed by atoms with Crippen molar-refractivity contribution in [2.45, 2.75) is 31.8 Å². The Labute approximate surface area is 158 Å². The molecule has 3 aliphatic rings. The van der Waals surface area contributed by atoms with E-state index in [1.54, 1.807) is 12.3 Å². The zero-order chi connectivity index (χ0) is 18.7. The molecule has 2 aromatic heterocycles. The van der Waals surface area contributed by atoms with E-state index in [0.29, 0.717) is 23.6 Å². The van der Waals surface area contributed by atoms with Gasteiger partial charge in [0.05, 0.1) is 30.5 Å². The second-order valence-electron chi connectivity index (χ2n) is 8.26. The van der Waals surface area contributed by atoms with Crippen molar-refractivity contribution in [2.75, 3.05) is 32.0 Å². The van der Waals surface area contributed by atoms with Crippen molar-refractivity contribution in [3.05, 3.63) is 29.6 Å². The standard InChI is InChI=1S/C20H24N6O/c1-11(2)26-18(19-15-7-25(8-16(15)19)14-9-27-10-14)4-17(24-26)13-3-12(5-21)20(22)23-6-13/h3-4,6,11,14-16,19H,7-10H2,1-2H3,(H2,22,23)/t15-,16+,19-. The predicted molar refractivity (Wildman–Crippen MR) is 101 cm³/mol. The van der Waals surface area contributed by atoms with Crippen LogP contribution in [0.2, 0.25) is 0 Å². The summed E-state index contributed by atoms with van der Waals surface area (Å²) in [5, 5.41) is 14.1. The van der Waals surface area contributed by atoms with Gasteiger partial charge in [0.25, 0.3) is 0 Å². The molecule has 4 heterocycles. The highest BCUT2D eigenvalue weighted by atomic mass is 16.5. The number of piperidine rings is 1. The molecule has 0 unspecified atom stereocenters. The molecule has 1 saturated carbocycles. The molecule has 5 rings (SSSR count). The third kappa shape index (κ3) is 2.63. The van der Waals surface area contributed by atoms with E-state index in [-0.39, 0.29) is 5.82 Å². The topological polar surface area (TPSA) is 93.0 Å². The van der Waals surface area contributed by atoms with E-state index in [0.717, 1.165) is 36.3 Å². The second kappa shape index (κ2) is 6.04. The molecule has 0 spiro atoms. The van der Waals surface area contributed by atoms with Crippen molar-refractivity contribution in [3.63, 3.8) is 0 Å². The lowest BCUT2D eigenvalue weighted by Crippen LogP contribution is -2.48. The van der Waals surface area contributed by atoms with Crippen LogP contribution in [-0.4, -0.2) is 52.0 Å². The molecule has 0 bridgehead atoms. The van der Waals surface area contributed by atoms with Crippen LogP contribution in [0.5, 0.6) is 0 Å². The van der Waals surface area contributed by atoms with Crippen LogP contribution < -0.4 is 5.73 Å². The Morgan fingerprint density at radius 2 is 2.00 bits per heavy atom. The molecule has 7 nitrogen and oxygen atoms in total. The zero-order valence-electron chi connectivity index (χ0n) is 15.7. The molecule has 3 atom stereocenters. The molecular formula is C20H24N6O. The number of fused-ring (bicyclic) bond motifs is 1. The van der Waals surface area contributed by atoms with Gasteiger partial charge in [-0.3, -0.25) is 9.58 Å². The number of aromatic nitrogens is 3. The van der Waals surface area contributed by atoms with E-state index < -0.39 is 0 Å². The van der Waals surface area contributed by atoms with Gasteiger partial charge in [-0.2, -0.15) is 10.4 Å². The van der Waals surface area contributed by atoms with Gasteiger partial charge in [0.2, 0.25) is 0 Å². The van der Waals surface area contributed by atoms with Crippen molar-refractivity contribution >= 4 is 5.82 Å². The van der Waals surface area contributed by atoms with Gasteiger partial charge in [-0.25, -0.2) is 4.98 Å². The summed E-state index contributed by atoms with van der Waals surface area (Å²) in [4.78, 5) is 6.75. The molecule has 140 valence electrons. The lowest BCUT2D eigenvalue weighted by Gasteiger charge is -2.35. The van der Waals surface area contributed by atoms with Crippen molar-refractivity contribution < 1.29 is 4.74 Å². The number of hydrogen-bond acceptors (Lipinski definition) is 6. The van der Waals surface area contributed by atoms with Gasteiger partial charge in [-0.15, -0.1) is 0 Å². The van der Waals surface area contributed by atoms with E-state index in [1.165, 1.54) is 18.8 Å². The van der Waals surface area contributed by atoms with Crippen LogP contribution in [0, 0.1) is 23.2 Å². The summed E-state index contributed by atoms with van der Waals surface area (Å²) < 4.78 is 7.50. The van der Waals surface area contributed by atoms with Gasteiger partial charge >= 0.3 is 0 Å². The Morgan fingerprint density at radius 1 is 1.26 bits per heavy atom. The highest BCUT2D eigenvalue weighted by Crippen LogP contribution is 2.59. The molecule has 27 heavy (non-hydrogen) atoms. The Hall–Kier alpha value is -2.43. The molecule has 3 fully saturated rings. The monoisotopic (exact) mass is 364 g/mol. The maximum absolute atomic E-state index is 9.23. The summed E-state index contributed by atoms with van der Waals surface area (Å²) in [6.07, 6.45) is 1.71. The van der Waals surface area contributed by atoms with Crippen LogP contribution in [0.4, 0.5) is 5.82 Å². The van der Waals surface area contributed by atoms with E-state index >= 15 is 0 Å². The maximum Gasteiger partial charge on any atom is 0.141 e. The molecule has 0 aromatic carbocycles. The maximum atomic E-state index is 9.23. The first-order valence-corrected chi connectivity index (χ1v) is 9.64. The summed E-state index contributed by atoms with van der Waals surface area (Å²) in [6, 6.07) is 7.01. The van der Waals surface area contributed by atoms with E-state index in [2.05, 4.69) is 40.5 Å². The SMILES string of the molecule is CC(C)n1nc(-c2cnc(N)c(C#N)c2)cc1[C@@H]1[C@@H]2CN(C3COC3)C[C@@H]21. The van der Waals surface area contributed by atoms with Gasteiger partial charge in [0.15, 0.2) is 0 Å². The first kappa shape index (κ1) is 16.7. The molecule has 0 amide bonds. The van der Waals surface area contributed by atoms with Crippen LogP contribution in [0.15, 0.2) is 18.3 Å². The number of nitrogens with two attached hydrogens (primary N) is 1. The largest absolute Gasteiger partial charge is 0.383 e. The Morgan fingerprint density at radius 3 is 2.59 bits per heavy atom. The molecule has 2 N–H and O–H groups in total. The Balaban J connectivity index is 1.42. The smallest absolute Gasteiger partial charge is 0.141 e. The first-order chi connectivity index (χ1) is 13.1. The molecule has 2 aromatic rings. The van der Waals surface area contributed by atoms with Crippen molar-refractivity contribution in [3.8, 4) is 17.3 Å². The van der Waals surface area contributed by atoms with Crippen LogP contribution in [0.3, 0.4) is 0 Å². The second-order valence-corrected chi connectivity index (χ2v) is 8.26. The summed E-state index contributed by atoms with van der Waals surface area (Å²) >= 11 is 0. The zero-order valence-corrected chi connectivity index (χ0v) is 15.7. The molecule has 0 radical (unpaired) electrons. The van der Waals surface area contributed by atoms with Crippen LogP contribution >= 0.6 is 0 Å². The third-order valence-corrected chi connectivity index (χ3v) is 6.29. The van der Waals surface area contributed by atoms with E-state index in [1.807, 2.05) is 0 Å². The minimum Gasteiger partial charge on any atom is -0.383 e. The number of pyridine rings is 1. The number of rotatable bonds is 4. The summed E-state index contributed by atoms with van der Waals surface area (Å²) in [5.74, 6) is 2.31. The quantitative estimate of drug-likeness (QED) is 0.892. The van der Waals surface area contributed by atoms with Crippen LogP contribution in [-0.2, 0) is 4.74 Å². The average molecular weight is 364 g/mol.